The third-order valence-electron chi connectivity index (χ3n) is 3.37. The summed E-state index contributed by atoms with van der Waals surface area (Å²) in [6.45, 7) is 9.15. The number of hydrogen-bond donors (Lipinski definition) is 1. The van der Waals surface area contributed by atoms with Crippen molar-refractivity contribution in [2.75, 3.05) is 0 Å². The van der Waals surface area contributed by atoms with Crippen molar-refractivity contribution in [2.45, 2.75) is 34.2 Å². The summed E-state index contributed by atoms with van der Waals surface area (Å²) in [5.74, 6) is 0.895. The molecule has 0 aliphatic rings. The Morgan fingerprint density at radius 3 is 2.68 bits per heavy atom. The molecule has 98 valence electrons. The normalized spacial score (nSPS) is 11.4. The van der Waals surface area contributed by atoms with E-state index in [-0.39, 0.29) is 0 Å². The molecule has 2 heterocycles. The lowest BCUT2D eigenvalue weighted by Crippen LogP contribution is -1.99. The number of rotatable bonds is 2. The number of benzene rings is 1. The Bertz CT molecular complexity index is 749. The van der Waals surface area contributed by atoms with E-state index >= 15 is 0 Å². The lowest BCUT2D eigenvalue weighted by molar-refractivity contribution is 0.658. The molecule has 0 aliphatic carbocycles. The molecule has 3 aromatic rings. The fraction of sp³-hybridized carbons (Fsp3) is 0.333. The highest BCUT2D eigenvalue weighted by molar-refractivity contribution is 5.82. The van der Waals surface area contributed by atoms with Crippen LogP contribution in [0.1, 0.15) is 23.7 Å². The Morgan fingerprint density at radius 2 is 1.95 bits per heavy atom. The van der Waals surface area contributed by atoms with E-state index in [0.29, 0.717) is 0 Å². The number of aryl methyl sites for hydroxylation is 4. The zero-order valence-electron chi connectivity index (χ0n) is 11.8. The fourth-order valence-corrected chi connectivity index (χ4v) is 2.57. The van der Waals surface area contributed by atoms with E-state index in [9.17, 15) is 0 Å². The molecule has 4 nitrogen and oxygen atoms in total. The van der Waals surface area contributed by atoms with E-state index in [1.165, 1.54) is 11.1 Å². The molecule has 3 rings (SSSR count). The number of H-pyrrole nitrogens is 1. The fourth-order valence-electron chi connectivity index (χ4n) is 2.57. The van der Waals surface area contributed by atoms with E-state index < -0.39 is 0 Å². The standard InChI is InChI=1S/C15H18N4/c1-5-19-13(8-11(4)18-19)15-16-12-7-9(2)6-10(3)14(12)17-15/h6-8H,5H2,1-4H3,(H,16,17). The van der Waals surface area contributed by atoms with Gasteiger partial charge in [0, 0.05) is 6.54 Å². The molecular weight excluding hydrogens is 236 g/mol. The van der Waals surface area contributed by atoms with Gasteiger partial charge >= 0.3 is 0 Å². The molecule has 0 saturated carbocycles. The zero-order valence-corrected chi connectivity index (χ0v) is 11.8. The zero-order chi connectivity index (χ0) is 13.6. The van der Waals surface area contributed by atoms with Crippen molar-refractivity contribution in [2.24, 2.45) is 0 Å². The lowest BCUT2D eigenvalue weighted by atomic mass is 10.1. The third-order valence-corrected chi connectivity index (χ3v) is 3.37. The van der Waals surface area contributed by atoms with Gasteiger partial charge in [0.25, 0.3) is 0 Å². The summed E-state index contributed by atoms with van der Waals surface area (Å²) in [6, 6.07) is 6.37. The Labute approximate surface area is 112 Å². The maximum Gasteiger partial charge on any atom is 0.156 e. The summed E-state index contributed by atoms with van der Waals surface area (Å²) in [6.07, 6.45) is 0. The molecule has 19 heavy (non-hydrogen) atoms. The first-order valence-electron chi connectivity index (χ1n) is 6.60. The van der Waals surface area contributed by atoms with Crippen LogP contribution in [0.2, 0.25) is 0 Å². The smallest absolute Gasteiger partial charge is 0.156 e. The van der Waals surface area contributed by atoms with Gasteiger partial charge in [-0.1, -0.05) is 6.07 Å². The number of nitrogens with one attached hydrogen (secondary N) is 1. The van der Waals surface area contributed by atoms with Crippen LogP contribution < -0.4 is 0 Å². The van der Waals surface area contributed by atoms with Gasteiger partial charge in [0.15, 0.2) is 5.82 Å². The molecule has 0 radical (unpaired) electrons. The van der Waals surface area contributed by atoms with Gasteiger partial charge in [-0.3, -0.25) is 4.68 Å². The van der Waals surface area contributed by atoms with Crippen molar-refractivity contribution >= 4 is 11.0 Å². The maximum atomic E-state index is 4.73. The average molecular weight is 254 g/mol. The van der Waals surface area contributed by atoms with Crippen LogP contribution in [-0.2, 0) is 6.54 Å². The first-order chi connectivity index (χ1) is 9.08. The summed E-state index contributed by atoms with van der Waals surface area (Å²) >= 11 is 0. The molecule has 0 atom stereocenters. The molecule has 0 unspecified atom stereocenters. The molecule has 0 aliphatic heterocycles. The minimum atomic E-state index is 0.845. The van der Waals surface area contributed by atoms with Gasteiger partial charge in [-0.2, -0.15) is 5.10 Å². The number of hydrogen-bond acceptors (Lipinski definition) is 2. The summed E-state index contributed by atoms with van der Waals surface area (Å²) in [7, 11) is 0. The summed E-state index contributed by atoms with van der Waals surface area (Å²) < 4.78 is 1.98. The van der Waals surface area contributed by atoms with E-state index in [1.54, 1.807) is 0 Å². The largest absolute Gasteiger partial charge is 0.337 e. The maximum absolute atomic E-state index is 4.73. The first-order valence-corrected chi connectivity index (χ1v) is 6.60. The van der Waals surface area contributed by atoms with E-state index in [0.717, 1.165) is 34.8 Å². The van der Waals surface area contributed by atoms with Gasteiger partial charge in [-0.25, -0.2) is 4.98 Å². The first kappa shape index (κ1) is 12.0. The molecule has 4 heteroatoms. The van der Waals surface area contributed by atoms with Crippen LogP contribution in [-0.4, -0.2) is 19.7 Å². The van der Waals surface area contributed by atoms with E-state index in [4.69, 9.17) is 4.98 Å². The van der Waals surface area contributed by atoms with E-state index in [2.05, 4.69) is 49.1 Å². The van der Waals surface area contributed by atoms with Crippen LogP contribution in [0, 0.1) is 20.8 Å². The van der Waals surface area contributed by atoms with Crippen LogP contribution in [0.5, 0.6) is 0 Å². The van der Waals surface area contributed by atoms with Gasteiger partial charge in [0.05, 0.1) is 16.7 Å². The van der Waals surface area contributed by atoms with Crippen molar-refractivity contribution < 1.29 is 0 Å². The van der Waals surface area contributed by atoms with Gasteiger partial charge in [-0.15, -0.1) is 0 Å². The number of aromatic amines is 1. The van der Waals surface area contributed by atoms with Gasteiger partial charge in [0.1, 0.15) is 5.69 Å². The average Bonchev–Trinajstić information content (AvgIpc) is 2.91. The molecule has 0 fully saturated rings. The minimum absolute atomic E-state index is 0.845. The predicted molar refractivity (Wildman–Crippen MR) is 77.2 cm³/mol. The molecular formula is C15H18N4. The van der Waals surface area contributed by atoms with Crippen LogP contribution in [0.25, 0.3) is 22.6 Å². The van der Waals surface area contributed by atoms with Crippen molar-refractivity contribution in [3.8, 4) is 11.5 Å². The monoisotopic (exact) mass is 254 g/mol. The molecule has 1 N–H and O–H groups in total. The highest BCUT2D eigenvalue weighted by atomic mass is 15.3. The second-order valence-corrected chi connectivity index (χ2v) is 5.05. The summed E-state index contributed by atoms with van der Waals surface area (Å²) in [4.78, 5) is 8.14. The number of imidazole rings is 1. The second-order valence-electron chi connectivity index (χ2n) is 5.05. The highest BCUT2D eigenvalue weighted by Gasteiger charge is 2.12. The Hall–Kier alpha value is -2.10. The quantitative estimate of drug-likeness (QED) is 0.762. The highest BCUT2D eigenvalue weighted by Crippen LogP contribution is 2.24. The molecule has 1 aromatic carbocycles. The SMILES string of the molecule is CCn1nc(C)cc1-c1nc2c(C)cc(C)cc2[nH]1. The van der Waals surface area contributed by atoms with E-state index in [1.807, 2.05) is 11.6 Å². The van der Waals surface area contributed by atoms with Crippen LogP contribution >= 0.6 is 0 Å². The molecule has 0 amide bonds. The number of aromatic nitrogens is 4. The van der Waals surface area contributed by atoms with Gasteiger partial charge in [0.2, 0.25) is 0 Å². The summed E-state index contributed by atoms with van der Waals surface area (Å²) in [5, 5.41) is 4.47. The van der Waals surface area contributed by atoms with Crippen molar-refractivity contribution in [1.82, 2.24) is 19.7 Å². The van der Waals surface area contributed by atoms with Gasteiger partial charge < -0.3 is 4.98 Å². The van der Waals surface area contributed by atoms with Crippen LogP contribution in [0.3, 0.4) is 0 Å². The molecule has 0 spiro atoms. The molecule has 2 aromatic heterocycles. The van der Waals surface area contributed by atoms with Crippen LogP contribution in [0.15, 0.2) is 18.2 Å². The Balaban J connectivity index is 2.23. The summed E-state index contributed by atoms with van der Waals surface area (Å²) in [5.41, 5.74) is 6.66. The number of fused-ring (bicyclic) bond motifs is 1. The van der Waals surface area contributed by atoms with Crippen LogP contribution in [0.4, 0.5) is 0 Å². The Morgan fingerprint density at radius 1 is 1.16 bits per heavy atom. The minimum Gasteiger partial charge on any atom is -0.337 e. The molecule has 0 saturated heterocycles. The Kier molecular flexibility index (Phi) is 2.66. The van der Waals surface area contributed by atoms with Crippen molar-refractivity contribution in [1.29, 1.82) is 0 Å². The third kappa shape index (κ3) is 1.93. The van der Waals surface area contributed by atoms with Crippen molar-refractivity contribution in [3.05, 3.63) is 35.0 Å². The molecule has 0 bridgehead atoms. The predicted octanol–water partition coefficient (Wildman–Crippen LogP) is 3.37. The number of nitrogens with zero attached hydrogens (tertiary/aromatic N) is 3. The van der Waals surface area contributed by atoms with Crippen molar-refractivity contribution in [3.63, 3.8) is 0 Å². The lowest BCUT2D eigenvalue weighted by Gasteiger charge is -2.00. The van der Waals surface area contributed by atoms with Gasteiger partial charge in [-0.05, 0) is 51.0 Å². The second kappa shape index (κ2) is 4.23. The topological polar surface area (TPSA) is 46.5 Å².